The van der Waals surface area contributed by atoms with E-state index in [2.05, 4.69) is 32.9 Å². The maximum Gasteiger partial charge on any atom is 0.165 e. The van der Waals surface area contributed by atoms with Gasteiger partial charge in [-0.15, -0.1) is 0 Å². The van der Waals surface area contributed by atoms with Crippen LogP contribution in [0.3, 0.4) is 0 Å². The van der Waals surface area contributed by atoms with Crippen LogP contribution in [0.15, 0.2) is 12.1 Å². The minimum absolute atomic E-state index is 0.0588. The number of ether oxygens (including phenoxy) is 2. The SMILES string of the molecule is COc1cc(C(C)(C)C)cc(C2(N)CCCC2)c1OC. The summed E-state index contributed by atoms with van der Waals surface area (Å²) in [5, 5.41) is 0. The second kappa shape index (κ2) is 5.28. The minimum Gasteiger partial charge on any atom is -0.493 e. The van der Waals surface area contributed by atoms with Crippen molar-refractivity contribution in [2.24, 2.45) is 5.73 Å². The lowest BCUT2D eigenvalue weighted by Gasteiger charge is -2.30. The fourth-order valence-electron chi connectivity index (χ4n) is 3.04. The number of benzene rings is 1. The van der Waals surface area contributed by atoms with Crippen molar-refractivity contribution in [1.29, 1.82) is 0 Å². The molecule has 0 aliphatic heterocycles. The Balaban J connectivity index is 2.63. The Hall–Kier alpha value is -1.22. The van der Waals surface area contributed by atoms with E-state index < -0.39 is 0 Å². The van der Waals surface area contributed by atoms with E-state index in [1.165, 1.54) is 18.4 Å². The first-order valence-electron chi connectivity index (χ1n) is 7.38. The molecule has 1 aromatic rings. The molecule has 0 heterocycles. The Bertz CT molecular complexity index is 482. The Kier molecular flexibility index (Phi) is 4.01. The van der Waals surface area contributed by atoms with Crippen molar-refractivity contribution < 1.29 is 9.47 Å². The smallest absolute Gasteiger partial charge is 0.165 e. The molecule has 3 nitrogen and oxygen atoms in total. The summed E-state index contributed by atoms with van der Waals surface area (Å²) in [6.07, 6.45) is 4.39. The molecule has 0 saturated heterocycles. The van der Waals surface area contributed by atoms with Crippen LogP contribution in [0.1, 0.15) is 57.6 Å². The molecule has 1 fully saturated rings. The molecule has 0 aromatic heterocycles. The molecule has 0 spiro atoms. The third kappa shape index (κ3) is 2.64. The predicted octanol–water partition coefficient (Wildman–Crippen LogP) is 3.73. The number of rotatable bonds is 3. The van der Waals surface area contributed by atoms with Gasteiger partial charge in [0.1, 0.15) is 0 Å². The Morgan fingerprint density at radius 1 is 1.05 bits per heavy atom. The van der Waals surface area contributed by atoms with E-state index in [1.807, 2.05) is 0 Å². The Labute approximate surface area is 122 Å². The summed E-state index contributed by atoms with van der Waals surface area (Å²) in [5.74, 6) is 1.58. The van der Waals surface area contributed by atoms with Crippen molar-refractivity contribution in [3.05, 3.63) is 23.3 Å². The Morgan fingerprint density at radius 2 is 1.65 bits per heavy atom. The summed E-state index contributed by atoms with van der Waals surface area (Å²) in [6, 6.07) is 4.29. The summed E-state index contributed by atoms with van der Waals surface area (Å²) < 4.78 is 11.1. The lowest BCUT2D eigenvalue weighted by molar-refractivity contribution is 0.335. The third-order valence-corrected chi connectivity index (χ3v) is 4.38. The van der Waals surface area contributed by atoms with Gasteiger partial charge in [-0.3, -0.25) is 0 Å². The standard InChI is InChI=1S/C17H27NO2/c1-16(2,3)12-10-13(17(18)8-6-7-9-17)15(20-5)14(11-12)19-4/h10-11H,6-9,18H2,1-5H3. The van der Waals surface area contributed by atoms with Crippen molar-refractivity contribution in [3.63, 3.8) is 0 Å². The normalized spacial score (nSPS) is 18.1. The van der Waals surface area contributed by atoms with Crippen LogP contribution in [0.5, 0.6) is 11.5 Å². The first-order chi connectivity index (χ1) is 9.31. The van der Waals surface area contributed by atoms with Gasteiger partial charge in [0.2, 0.25) is 0 Å². The van der Waals surface area contributed by atoms with Gasteiger partial charge in [-0.05, 0) is 36.0 Å². The quantitative estimate of drug-likeness (QED) is 0.915. The van der Waals surface area contributed by atoms with Gasteiger partial charge in [0.15, 0.2) is 11.5 Å². The Morgan fingerprint density at radius 3 is 2.10 bits per heavy atom. The molecule has 0 atom stereocenters. The van der Waals surface area contributed by atoms with Crippen LogP contribution in [0, 0.1) is 0 Å². The van der Waals surface area contributed by atoms with Crippen molar-refractivity contribution >= 4 is 0 Å². The fraction of sp³-hybridized carbons (Fsp3) is 0.647. The average Bonchev–Trinajstić information content (AvgIpc) is 2.84. The topological polar surface area (TPSA) is 44.5 Å². The number of hydrogen-bond acceptors (Lipinski definition) is 3. The number of nitrogens with two attached hydrogens (primary N) is 1. The van der Waals surface area contributed by atoms with E-state index in [1.54, 1.807) is 14.2 Å². The van der Waals surface area contributed by atoms with Crippen LogP contribution in [0.4, 0.5) is 0 Å². The molecule has 0 amide bonds. The maximum absolute atomic E-state index is 6.66. The van der Waals surface area contributed by atoms with Gasteiger partial charge >= 0.3 is 0 Å². The van der Waals surface area contributed by atoms with Crippen LogP contribution in [0.25, 0.3) is 0 Å². The van der Waals surface area contributed by atoms with Crippen LogP contribution in [-0.2, 0) is 11.0 Å². The fourth-order valence-corrected chi connectivity index (χ4v) is 3.04. The van der Waals surface area contributed by atoms with Crippen LogP contribution in [-0.4, -0.2) is 14.2 Å². The molecule has 0 bridgehead atoms. The highest BCUT2D eigenvalue weighted by Crippen LogP contribution is 2.46. The lowest BCUT2D eigenvalue weighted by Crippen LogP contribution is -2.34. The highest BCUT2D eigenvalue weighted by Gasteiger charge is 2.36. The summed E-state index contributed by atoms with van der Waals surface area (Å²) >= 11 is 0. The van der Waals surface area contributed by atoms with Crippen molar-refractivity contribution in [3.8, 4) is 11.5 Å². The molecule has 1 aliphatic rings. The zero-order valence-corrected chi connectivity index (χ0v) is 13.4. The summed E-state index contributed by atoms with van der Waals surface area (Å²) in [4.78, 5) is 0. The second-order valence-corrected chi connectivity index (χ2v) is 6.87. The molecule has 3 heteroatoms. The van der Waals surface area contributed by atoms with E-state index >= 15 is 0 Å². The van der Waals surface area contributed by atoms with E-state index in [-0.39, 0.29) is 11.0 Å². The monoisotopic (exact) mass is 277 g/mol. The van der Waals surface area contributed by atoms with E-state index in [9.17, 15) is 0 Å². The molecule has 2 N–H and O–H groups in total. The molecule has 2 rings (SSSR count). The van der Waals surface area contributed by atoms with Gasteiger partial charge in [-0.1, -0.05) is 33.6 Å². The molecule has 0 unspecified atom stereocenters. The molecule has 0 radical (unpaired) electrons. The van der Waals surface area contributed by atoms with Crippen molar-refractivity contribution in [1.82, 2.24) is 0 Å². The van der Waals surface area contributed by atoms with Gasteiger partial charge in [-0.2, -0.15) is 0 Å². The molecule has 112 valence electrons. The summed E-state index contributed by atoms with van der Waals surface area (Å²) in [5.41, 5.74) is 8.77. The third-order valence-electron chi connectivity index (χ3n) is 4.38. The van der Waals surface area contributed by atoms with Gasteiger partial charge in [0, 0.05) is 11.1 Å². The maximum atomic E-state index is 6.66. The highest BCUT2D eigenvalue weighted by molar-refractivity contribution is 5.54. The zero-order valence-electron chi connectivity index (χ0n) is 13.4. The van der Waals surface area contributed by atoms with Gasteiger partial charge < -0.3 is 15.2 Å². The van der Waals surface area contributed by atoms with Crippen LogP contribution in [0.2, 0.25) is 0 Å². The first kappa shape index (κ1) is 15.2. The average molecular weight is 277 g/mol. The molecule has 1 aliphatic carbocycles. The van der Waals surface area contributed by atoms with Crippen molar-refractivity contribution in [2.75, 3.05) is 14.2 Å². The molecule has 20 heavy (non-hydrogen) atoms. The predicted molar refractivity (Wildman–Crippen MR) is 82.6 cm³/mol. The molecular formula is C17H27NO2. The second-order valence-electron chi connectivity index (χ2n) is 6.87. The molecular weight excluding hydrogens is 250 g/mol. The van der Waals surface area contributed by atoms with Gasteiger partial charge in [-0.25, -0.2) is 0 Å². The molecule has 1 saturated carbocycles. The summed E-state index contributed by atoms with van der Waals surface area (Å²) in [7, 11) is 3.38. The molecule has 1 aromatic carbocycles. The van der Waals surface area contributed by atoms with E-state index in [4.69, 9.17) is 15.2 Å². The minimum atomic E-state index is -0.278. The van der Waals surface area contributed by atoms with E-state index in [0.717, 1.165) is 29.9 Å². The first-order valence-corrected chi connectivity index (χ1v) is 7.38. The van der Waals surface area contributed by atoms with E-state index in [0.29, 0.717) is 0 Å². The van der Waals surface area contributed by atoms with Gasteiger partial charge in [0.05, 0.1) is 14.2 Å². The highest BCUT2D eigenvalue weighted by atomic mass is 16.5. The van der Waals surface area contributed by atoms with Crippen LogP contribution < -0.4 is 15.2 Å². The zero-order chi connectivity index (χ0) is 15.0. The lowest BCUT2D eigenvalue weighted by atomic mass is 9.81. The van der Waals surface area contributed by atoms with Crippen molar-refractivity contribution in [2.45, 2.75) is 57.4 Å². The number of hydrogen-bond donors (Lipinski definition) is 1. The van der Waals surface area contributed by atoms with Gasteiger partial charge in [0.25, 0.3) is 0 Å². The largest absolute Gasteiger partial charge is 0.493 e. The summed E-state index contributed by atoms with van der Waals surface area (Å²) in [6.45, 7) is 6.61. The number of methoxy groups -OCH3 is 2. The van der Waals surface area contributed by atoms with Crippen LogP contribution >= 0.6 is 0 Å².